The third-order valence-corrected chi connectivity index (χ3v) is 9.42. The Morgan fingerprint density at radius 2 is 1.30 bits per heavy atom. The average molecular weight is 530 g/mol. The van der Waals surface area contributed by atoms with E-state index in [4.69, 9.17) is 0 Å². The number of likely N-dealkylation sites (tertiary alicyclic amines) is 2. The summed E-state index contributed by atoms with van der Waals surface area (Å²) < 4.78 is 0. The number of aromatic nitrogens is 2. The monoisotopic (exact) mass is 530 g/mol. The quantitative estimate of drug-likeness (QED) is 0.524. The van der Waals surface area contributed by atoms with Gasteiger partial charge in [0.2, 0.25) is 0 Å². The number of pyridine rings is 2. The van der Waals surface area contributed by atoms with Crippen molar-refractivity contribution < 1.29 is 4.79 Å². The second kappa shape index (κ2) is 10.5. The molecule has 160 valence electrons. The van der Waals surface area contributed by atoms with E-state index < -0.39 is 0 Å². The molecule has 0 amide bonds. The van der Waals surface area contributed by atoms with Crippen molar-refractivity contribution in [3.8, 4) is 0 Å². The van der Waals surface area contributed by atoms with E-state index in [9.17, 15) is 4.79 Å². The standard InChI is InChI=1S/C23H32As2N4O/c24-21-13-17(7-11-28(21)15-19-5-1-3-9-26-19)23(30)18-8-12-29(22(25)14-18)16-20-6-2-4-10-27-20/h1-6,9-10,17-18,21-22H,7-8,11-16,24-25H2. The summed E-state index contributed by atoms with van der Waals surface area (Å²) in [6.07, 6.45) is 7.76. The number of nitrogens with zero attached hydrogens (tertiary/aromatic N) is 4. The minimum absolute atomic E-state index is 0.244. The number of rotatable bonds is 6. The van der Waals surface area contributed by atoms with Crippen molar-refractivity contribution in [3.63, 3.8) is 0 Å². The summed E-state index contributed by atoms with van der Waals surface area (Å²) in [5.74, 6) is 1.03. The van der Waals surface area contributed by atoms with E-state index in [2.05, 4.69) is 44.0 Å². The molecule has 0 aromatic carbocycles. The molecule has 0 N–H and O–H groups in total. The molecule has 0 bridgehead atoms. The first-order valence-corrected chi connectivity index (χ1v) is 13.7. The van der Waals surface area contributed by atoms with Gasteiger partial charge >= 0.3 is 198 Å². The van der Waals surface area contributed by atoms with Gasteiger partial charge in [-0.1, -0.05) is 0 Å². The van der Waals surface area contributed by atoms with E-state index in [1.54, 1.807) is 33.7 Å². The van der Waals surface area contributed by atoms with Crippen LogP contribution in [-0.2, 0) is 17.9 Å². The molecule has 0 radical (unpaired) electrons. The Morgan fingerprint density at radius 1 is 0.833 bits per heavy atom. The Kier molecular flexibility index (Phi) is 7.81. The average Bonchev–Trinajstić information content (AvgIpc) is 2.77. The molecule has 2 aromatic rings. The van der Waals surface area contributed by atoms with Gasteiger partial charge in [0.05, 0.1) is 0 Å². The third kappa shape index (κ3) is 5.62. The van der Waals surface area contributed by atoms with Crippen LogP contribution in [0.3, 0.4) is 0 Å². The Hall–Kier alpha value is -0.993. The molecule has 2 aromatic heterocycles. The van der Waals surface area contributed by atoms with Crippen molar-refractivity contribution in [1.82, 2.24) is 19.8 Å². The number of ketones is 1. The molecule has 0 saturated carbocycles. The fourth-order valence-corrected chi connectivity index (χ4v) is 7.18. The zero-order valence-electron chi connectivity index (χ0n) is 17.4. The summed E-state index contributed by atoms with van der Waals surface area (Å²) in [5.41, 5.74) is 2.25. The predicted molar refractivity (Wildman–Crippen MR) is 124 cm³/mol. The molecule has 6 unspecified atom stereocenters. The Morgan fingerprint density at radius 3 is 1.67 bits per heavy atom. The fourth-order valence-electron chi connectivity index (χ4n) is 4.73. The number of Topliss-reactive ketones (excluding diaryl/α,β-unsaturated/α-hetero) is 1. The molecule has 2 saturated heterocycles. The number of piperidine rings is 2. The van der Waals surface area contributed by atoms with Crippen molar-refractivity contribution in [2.45, 2.75) is 48.4 Å². The number of hydrogen-bond acceptors (Lipinski definition) is 5. The molecular formula is C23H32As2N4O. The SMILES string of the molecule is O=C(C1CCN(Cc2ccccn2)C([AsH2])C1)C1CCN(Cc2ccccn2)C([AsH2])C1. The first-order chi connectivity index (χ1) is 14.6. The van der Waals surface area contributed by atoms with Gasteiger partial charge in [-0.25, -0.2) is 0 Å². The molecule has 4 rings (SSSR count). The van der Waals surface area contributed by atoms with Crippen molar-refractivity contribution >= 4 is 39.5 Å². The zero-order valence-corrected chi connectivity index (χ0v) is 22.3. The van der Waals surface area contributed by atoms with E-state index in [0.717, 1.165) is 63.3 Å². The van der Waals surface area contributed by atoms with Crippen LogP contribution in [0.4, 0.5) is 0 Å². The normalized spacial score (nSPS) is 28.3. The summed E-state index contributed by atoms with van der Waals surface area (Å²) in [4.78, 5) is 28.3. The van der Waals surface area contributed by atoms with Crippen LogP contribution in [0.2, 0.25) is 0 Å². The number of hydrogen-bond donors (Lipinski definition) is 0. The summed E-state index contributed by atoms with van der Waals surface area (Å²) in [6.45, 7) is 3.81. The second-order valence-electron chi connectivity index (χ2n) is 8.56. The molecule has 0 aliphatic carbocycles. The minimum atomic E-state index is 0.244. The Balaban J connectivity index is 1.28. The van der Waals surface area contributed by atoms with Crippen LogP contribution in [0.1, 0.15) is 37.1 Å². The van der Waals surface area contributed by atoms with Crippen molar-refractivity contribution in [2.24, 2.45) is 11.8 Å². The number of carbonyl (C=O) groups excluding carboxylic acids is 1. The molecular weight excluding hydrogens is 498 g/mol. The van der Waals surface area contributed by atoms with Gasteiger partial charge in [-0.15, -0.1) is 0 Å². The van der Waals surface area contributed by atoms with Crippen LogP contribution in [0.5, 0.6) is 0 Å². The van der Waals surface area contributed by atoms with Gasteiger partial charge in [0.25, 0.3) is 0 Å². The summed E-state index contributed by atoms with van der Waals surface area (Å²) in [6, 6.07) is 12.2. The molecule has 2 fully saturated rings. The Labute approximate surface area is 197 Å². The van der Waals surface area contributed by atoms with Gasteiger partial charge in [-0.05, 0) is 0 Å². The van der Waals surface area contributed by atoms with Gasteiger partial charge in [0.1, 0.15) is 0 Å². The van der Waals surface area contributed by atoms with Gasteiger partial charge < -0.3 is 0 Å². The van der Waals surface area contributed by atoms with E-state index in [0.29, 0.717) is 15.4 Å². The van der Waals surface area contributed by atoms with Crippen LogP contribution in [0.15, 0.2) is 48.8 Å². The molecule has 4 heterocycles. The molecule has 30 heavy (non-hydrogen) atoms. The first-order valence-electron chi connectivity index (χ1n) is 10.9. The van der Waals surface area contributed by atoms with Crippen LogP contribution in [-0.4, -0.2) is 82.0 Å². The third-order valence-electron chi connectivity index (χ3n) is 6.51. The van der Waals surface area contributed by atoms with Crippen LogP contribution >= 0.6 is 0 Å². The van der Waals surface area contributed by atoms with Crippen LogP contribution in [0, 0.1) is 11.8 Å². The summed E-state index contributed by atoms with van der Waals surface area (Å²) >= 11 is 3.49. The maximum absolute atomic E-state index is 13.3. The molecule has 2 aliphatic rings. The van der Waals surface area contributed by atoms with Crippen LogP contribution < -0.4 is 0 Å². The van der Waals surface area contributed by atoms with Gasteiger partial charge in [0.15, 0.2) is 0 Å². The predicted octanol–water partition coefficient (Wildman–Crippen LogP) is 1.09. The molecule has 6 atom stereocenters. The summed E-state index contributed by atoms with van der Waals surface area (Å²) in [7, 11) is 0. The van der Waals surface area contributed by atoms with E-state index in [1.807, 2.05) is 24.5 Å². The molecule has 7 heteroatoms. The van der Waals surface area contributed by atoms with Gasteiger partial charge in [-0.2, -0.15) is 0 Å². The first kappa shape index (κ1) is 22.2. The van der Waals surface area contributed by atoms with E-state index in [-0.39, 0.29) is 11.8 Å². The second-order valence-corrected chi connectivity index (χ2v) is 11.8. The van der Waals surface area contributed by atoms with Crippen LogP contribution in [0.25, 0.3) is 0 Å². The van der Waals surface area contributed by atoms with Crippen molar-refractivity contribution in [1.29, 1.82) is 0 Å². The van der Waals surface area contributed by atoms with Crippen molar-refractivity contribution in [2.75, 3.05) is 13.1 Å². The van der Waals surface area contributed by atoms with Crippen molar-refractivity contribution in [3.05, 3.63) is 60.2 Å². The molecule has 5 nitrogen and oxygen atoms in total. The van der Waals surface area contributed by atoms with Gasteiger partial charge in [-0.3, -0.25) is 0 Å². The fraction of sp³-hybridized carbons (Fsp3) is 0.522. The van der Waals surface area contributed by atoms with Gasteiger partial charge in [0, 0.05) is 0 Å². The number of carbonyl (C=O) groups is 1. The Bertz CT molecular complexity index is 755. The zero-order chi connectivity index (χ0) is 20.9. The molecule has 0 spiro atoms. The van der Waals surface area contributed by atoms with E-state index >= 15 is 0 Å². The maximum atomic E-state index is 13.3. The summed E-state index contributed by atoms with van der Waals surface area (Å²) in [5, 5.41) is 0. The topological polar surface area (TPSA) is 49.3 Å². The van der Waals surface area contributed by atoms with E-state index in [1.165, 1.54) is 0 Å². The molecule has 2 aliphatic heterocycles.